The summed E-state index contributed by atoms with van der Waals surface area (Å²) in [5.41, 5.74) is 0.465. The number of aliphatic hydroxyl groups is 1. The fourth-order valence-corrected chi connectivity index (χ4v) is 1.97. The van der Waals surface area contributed by atoms with Gasteiger partial charge in [-0.3, -0.25) is 0 Å². The van der Waals surface area contributed by atoms with E-state index in [0.29, 0.717) is 11.3 Å². The Kier molecular flexibility index (Phi) is 4.23. The molecule has 2 rings (SSSR count). The van der Waals surface area contributed by atoms with Crippen molar-refractivity contribution in [3.8, 4) is 11.5 Å². The number of ether oxygens (including phenoxy) is 1. The lowest BCUT2D eigenvalue weighted by atomic mass is 10.1. The van der Waals surface area contributed by atoms with Gasteiger partial charge in [-0.15, -0.1) is 0 Å². The van der Waals surface area contributed by atoms with Gasteiger partial charge in [-0.1, -0.05) is 40.2 Å². The molecule has 0 aromatic heterocycles. The van der Waals surface area contributed by atoms with Gasteiger partial charge in [0.25, 0.3) is 0 Å². The summed E-state index contributed by atoms with van der Waals surface area (Å²) in [5, 5.41) is 19.5. The van der Waals surface area contributed by atoms with Crippen LogP contribution in [-0.2, 0) is 0 Å². The van der Waals surface area contributed by atoms with Crippen LogP contribution in [0.15, 0.2) is 53.0 Å². The summed E-state index contributed by atoms with van der Waals surface area (Å²) in [6, 6.07) is 14.1. The van der Waals surface area contributed by atoms with E-state index in [1.807, 2.05) is 24.3 Å². The van der Waals surface area contributed by atoms with Gasteiger partial charge in [-0.2, -0.15) is 0 Å². The van der Waals surface area contributed by atoms with Crippen LogP contribution in [0.1, 0.15) is 11.7 Å². The standard InChI is InChI=1S/C14H13BrO3/c15-10-4-3-5-11(8-10)18-9-14(17)12-6-1-2-7-13(12)16/h1-8,14,16-17H,9H2. The number of aliphatic hydroxyl groups excluding tert-OH is 1. The van der Waals surface area contributed by atoms with Crippen LogP contribution in [0, 0.1) is 0 Å². The highest BCUT2D eigenvalue weighted by atomic mass is 79.9. The molecule has 0 aliphatic rings. The van der Waals surface area contributed by atoms with E-state index in [0.717, 1.165) is 4.47 Å². The van der Waals surface area contributed by atoms with Crippen LogP contribution < -0.4 is 4.74 Å². The minimum absolute atomic E-state index is 0.0721. The molecule has 0 heterocycles. The number of benzene rings is 2. The first-order valence-electron chi connectivity index (χ1n) is 5.51. The number of phenols is 1. The predicted molar refractivity (Wildman–Crippen MR) is 72.7 cm³/mol. The highest BCUT2D eigenvalue weighted by Gasteiger charge is 2.12. The van der Waals surface area contributed by atoms with Crippen LogP contribution >= 0.6 is 15.9 Å². The number of aromatic hydroxyl groups is 1. The second kappa shape index (κ2) is 5.89. The molecule has 0 saturated carbocycles. The largest absolute Gasteiger partial charge is 0.508 e. The Hall–Kier alpha value is -1.52. The third-order valence-corrected chi connectivity index (χ3v) is 2.99. The summed E-state index contributed by atoms with van der Waals surface area (Å²) >= 11 is 3.34. The Morgan fingerprint density at radius 1 is 1.11 bits per heavy atom. The van der Waals surface area contributed by atoms with Crippen molar-refractivity contribution in [2.45, 2.75) is 6.10 Å². The SMILES string of the molecule is Oc1ccccc1C(O)COc1cccc(Br)c1. The molecule has 0 radical (unpaired) electrons. The molecule has 94 valence electrons. The van der Waals surface area contributed by atoms with Gasteiger partial charge < -0.3 is 14.9 Å². The van der Waals surface area contributed by atoms with Gasteiger partial charge in [-0.05, 0) is 24.3 Å². The summed E-state index contributed by atoms with van der Waals surface area (Å²) < 4.78 is 6.38. The van der Waals surface area contributed by atoms with Crippen molar-refractivity contribution in [2.75, 3.05) is 6.61 Å². The first-order chi connectivity index (χ1) is 8.66. The van der Waals surface area contributed by atoms with Crippen LogP contribution in [0.4, 0.5) is 0 Å². The Bertz CT molecular complexity index is 528. The molecule has 4 heteroatoms. The van der Waals surface area contributed by atoms with Gasteiger partial charge in [0.1, 0.15) is 24.2 Å². The normalized spacial score (nSPS) is 12.1. The average molecular weight is 309 g/mol. The summed E-state index contributed by atoms with van der Waals surface area (Å²) in [4.78, 5) is 0. The molecule has 2 N–H and O–H groups in total. The summed E-state index contributed by atoms with van der Waals surface area (Å²) in [5.74, 6) is 0.738. The van der Waals surface area contributed by atoms with Crippen LogP contribution in [0.3, 0.4) is 0 Å². The van der Waals surface area contributed by atoms with E-state index in [2.05, 4.69) is 15.9 Å². The molecule has 0 saturated heterocycles. The summed E-state index contributed by atoms with van der Waals surface area (Å²) in [7, 11) is 0. The van der Waals surface area contributed by atoms with Gasteiger partial charge in [0.05, 0.1) is 0 Å². The number of hydrogen-bond donors (Lipinski definition) is 2. The van der Waals surface area contributed by atoms with E-state index in [-0.39, 0.29) is 12.4 Å². The number of para-hydroxylation sites is 1. The van der Waals surface area contributed by atoms with Crippen molar-refractivity contribution in [3.63, 3.8) is 0 Å². The Labute approximate surface area is 114 Å². The van der Waals surface area contributed by atoms with Crippen LogP contribution in [-0.4, -0.2) is 16.8 Å². The van der Waals surface area contributed by atoms with E-state index < -0.39 is 6.10 Å². The van der Waals surface area contributed by atoms with Gasteiger partial charge in [0.15, 0.2) is 0 Å². The Morgan fingerprint density at radius 2 is 1.89 bits per heavy atom. The number of halogens is 1. The molecule has 0 aliphatic heterocycles. The minimum atomic E-state index is -0.856. The second-order valence-corrected chi connectivity index (χ2v) is 4.76. The lowest BCUT2D eigenvalue weighted by molar-refractivity contribution is 0.106. The zero-order valence-electron chi connectivity index (χ0n) is 9.58. The molecule has 3 nitrogen and oxygen atoms in total. The van der Waals surface area contributed by atoms with E-state index in [1.54, 1.807) is 18.2 Å². The summed E-state index contributed by atoms with van der Waals surface area (Å²) in [6.45, 7) is 0.0913. The molecule has 2 aromatic carbocycles. The van der Waals surface area contributed by atoms with Crippen molar-refractivity contribution < 1.29 is 14.9 Å². The van der Waals surface area contributed by atoms with E-state index >= 15 is 0 Å². The fourth-order valence-electron chi connectivity index (χ4n) is 1.59. The Balaban J connectivity index is 2.00. The van der Waals surface area contributed by atoms with Crippen molar-refractivity contribution in [1.29, 1.82) is 0 Å². The van der Waals surface area contributed by atoms with Crippen molar-refractivity contribution in [2.24, 2.45) is 0 Å². The smallest absolute Gasteiger partial charge is 0.121 e. The maximum Gasteiger partial charge on any atom is 0.121 e. The van der Waals surface area contributed by atoms with Crippen molar-refractivity contribution in [1.82, 2.24) is 0 Å². The van der Waals surface area contributed by atoms with E-state index in [4.69, 9.17) is 4.74 Å². The number of phenolic OH excluding ortho intramolecular Hbond substituents is 1. The third-order valence-electron chi connectivity index (χ3n) is 2.50. The molecule has 2 aromatic rings. The van der Waals surface area contributed by atoms with Crippen molar-refractivity contribution in [3.05, 3.63) is 58.6 Å². The maximum absolute atomic E-state index is 9.94. The second-order valence-electron chi connectivity index (χ2n) is 3.84. The van der Waals surface area contributed by atoms with Crippen molar-refractivity contribution >= 4 is 15.9 Å². The average Bonchev–Trinajstić information content (AvgIpc) is 2.37. The molecule has 1 atom stereocenters. The van der Waals surface area contributed by atoms with E-state index in [9.17, 15) is 10.2 Å². The molecule has 0 bridgehead atoms. The third kappa shape index (κ3) is 3.24. The van der Waals surface area contributed by atoms with Gasteiger partial charge in [0, 0.05) is 10.0 Å². The van der Waals surface area contributed by atoms with Gasteiger partial charge in [0.2, 0.25) is 0 Å². The quantitative estimate of drug-likeness (QED) is 0.911. The molecule has 0 spiro atoms. The highest BCUT2D eigenvalue weighted by Crippen LogP contribution is 2.25. The zero-order chi connectivity index (χ0) is 13.0. The minimum Gasteiger partial charge on any atom is -0.508 e. The summed E-state index contributed by atoms with van der Waals surface area (Å²) in [6.07, 6.45) is -0.856. The maximum atomic E-state index is 9.94. The number of rotatable bonds is 4. The highest BCUT2D eigenvalue weighted by molar-refractivity contribution is 9.10. The van der Waals surface area contributed by atoms with Crippen LogP contribution in [0.5, 0.6) is 11.5 Å². The molecule has 18 heavy (non-hydrogen) atoms. The van der Waals surface area contributed by atoms with Crippen LogP contribution in [0.2, 0.25) is 0 Å². The zero-order valence-corrected chi connectivity index (χ0v) is 11.2. The predicted octanol–water partition coefficient (Wildman–Crippen LogP) is 3.27. The molecule has 0 aliphatic carbocycles. The van der Waals surface area contributed by atoms with Gasteiger partial charge >= 0.3 is 0 Å². The Morgan fingerprint density at radius 3 is 2.61 bits per heavy atom. The lowest BCUT2D eigenvalue weighted by Gasteiger charge is -2.13. The monoisotopic (exact) mass is 308 g/mol. The number of hydrogen-bond acceptors (Lipinski definition) is 3. The molecule has 1 unspecified atom stereocenters. The molecular weight excluding hydrogens is 296 g/mol. The van der Waals surface area contributed by atoms with Gasteiger partial charge in [-0.25, -0.2) is 0 Å². The molecule has 0 amide bonds. The van der Waals surface area contributed by atoms with E-state index in [1.165, 1.54) is 6.07 Å². The molecular formula is C14H13BrO3. The first-order valence-corrected chi connectivity index (χ1v) is 6.30. The fraction of sp³-hybridized carbons (Fsp3) is 0.143. The lowest BCUT2D eigenvalue weighted by Crippen LogP contribution is -2.09. The first kappa shape index (κ1) is 12.9. The van der Waals surface area contributed by atoms with Crippen LogP contribution in [0.25, 0.3) is 0 Å². The topological polar surface area (TPSA) is 49.7 Å². The molecule has 0 fully saturated rings.